The molecule has 0 unspecified atom stereocenters. The van der Waals surface area contributed by atoms with E-state index in [1.807, 2.05) is 6.07 Å². The van der Waals surface area contributed by atoms with Crippen LogP contribution in [-0.2, 0) is 14.8 Å². The van der Waals surface area contributed by atoms with Gasteiger partial charge in [-0.15, -0.1) is 0 Å². The van der Waals surface area contributed by atoms with Crippen molar-refractivity contribution in [2.75, 3.05) is 26.3 Å². The van der Waals surface area contributed by atoms with Gasteiger partial charge in [0, 0.05) is 18.8 Å². The van der Waals surface area contributed by atoms with Gasteiger partial charge in [0.1, 0.15) is 17.5 Å². The van der Waals surface area contributed by atoms with E-state index in [9.17, 15) is 8.42 Å². The Hall–Kier alpha value is -2.54. The maximum absolute atomic E-state index is 12.6. The molecule has 0 bridgehead atoms. The lowest BCUT2D eigenvalue weighted by molar-refractivity contribution is 0.0730. The monoisotopic (exact) mass is 360 g/mol. The van der Waals surface area contributed by atoms with Crippen LogP contribution in [0.4, 0.5) is 0 Å². The molecule has 3 rings (SSSR count). The normalized spacial score (nSPS) is 15.5. The van der Waals surface area contributed by atoms with Crippen molar-refractivity contribution < 1.29 is 17.9 Å². The molecule has 0 amide bonds. The molecular formula is C16H16N4O4S. The third-order valence-electron chi connectivity index (χ3n) is 3.59. The molecule has 130 valence electrons. The Morgan fingerprint density at radius 2 is 1.88 bits per heavy atom. The number of aromatic nitrogens is 2. The summed E-state index contributed by atoms with van der Waals surface area (Å²) < 4.78 is 37.2. The molecule has 1 aliphatic rings. The second-order valence-electron chi connectivity index (χ2n) is 5.38. The van der Waals surface area contributed by atoms with E-state index >= 15 is 0 Å². The van der Waals surface area contributed by atoms with Crippen molar-refractivity contribution in [3.05, 3.63) is 41.7 Å². The number of rotatable bonds is 4. The predicted octanol–water partition coefficient (Wildman–Crippen LogP) is 1.47. The van der Waals surface area contributed by atoms with E-state index in [2.05, 4.69) is 9.97 Å². The fourth-order valence-corrected chi connectivity index (χ4v) is 3.77. The smallest absolute Gasteiger partial charge is 0.323 e. The average Bonchev–Trinajstić information content (AvgIpc) is 2.62. The van der Waals surface area contributed by atoms with Gasteiger partial charge in [-0.3, -0.25) is 0 Å². The first kappa shape index (κ1) is 17.3. The molecule has 1 saturated heterocycles. The van der Waals surface area contributed by atoms with Gasteiger partial charge in [-0.05, 0) is 37.3 Å². The van der Waals surface area contributed by atoms with Crippen LogP contribution in [0.1, 0.15) is 11.4 Å². The van der Waals surface area contributed by atoms with Gasteiger partial charge in [0.2, 0.25) is 10.0 Å². The Bertz CT molecular complexity index is 901. The van der Waals surface area contributed by atoms with E-state index in [1.165, 1.54) is 28.6 Å². The maximum atomic E-state index is 12.6. The molecule has 0 N–H and O–H groups in total. The zero-order valence-electron chi connectivity index (χ0n) is 13.5. The van der Waals surface area contributed by atoms with Gasteiger partial charge in [-0.1, -0.05) is 0 Å². The number of ether oxygens (including phenoxy) is 2. The van der Waals surface area contributed by atoms with Crippen LogP contribution >= 0.6 is 0 Å². The van der Waals surface area contributed by atoms with Crippen molar-refractivity contribution in [3.63, 3.8) is 0 Å². The number of benzene rings is 1. The molecule has 0 aliphatic carbocycles. The van der Waals surface area contributed by atoms with E-state index in [4.69, 9.17) is 14.7 Å². The summed E-state index contributed by atoms with van der Waals surface area (Å²) in [5.74, 6) is 0.385. The number of nitriles is 1. The molecule has 1 aromatic carbocycles. The van der Waals surface area contributed by atoms with Gasteiger partial charge in [0.25, 0.3) is 0 Å². The van der Waals surface area contributed by atoms with Gasteiger partial charge < -0.3 is 9.47 Å². The van der Waals surface area contributed by atoms with Crippen molar-refractivity contribution in [3.8, 4) is 17.8 Å². The molecule has 9 heteroatoms. The Kier molecular flexibility index (Phi) is 4.94. The highest BCUT2D eigenvalue weighted by Crippen LogP contribution is 2.23. The van der Waals surface area contributed by atoms with Crippen LogP contribution in [0.15, 0.2) is 35.2 Å². The zero-order valence-corrected chi connectivity index (χ0v) is 14.4. The van der Waals surface area contributed by atoms with Crippen molar-refractivity contribution in [1.29, 1.82) is 5.26 Å². The predicted molar refractivity (Wildman–Crippen MR) is 87.6 cm³/mol. The highest BCUT2D eigenvalue weighted by Gasteiger charge is 2.26. The van der Waals surface area contributed by atoms with Crippen LogP contribution in [-0.4, -0.2) is 49.0 Å². The molecule has 2 heterocycles. The molecule has 0 atom stereocenters. The number of hydrogen-bond acceptors (Lipinski definition) is 7. The van der Waals surface area contributed by atoms with Crippen LogP contribution in [0.5, 0.6) is 11.8 Å². The van der Waals surface area contributed by atoms with E-state index < -0.39 is 10.0 Å². The van der Waals surface area contributed by atoms with E-state index in [0.717, 1.165) is 0 Å². The fraction of sp³-hybridized carbons (Fsp3) is 0.312. The third-order valence-corrected chi connectivity index (χ3v) is 5.50. The Balaban J connectivity index is 1.78. The third kappa shape index (κ3) is 3.93. The first-order valence-electron chi connectivity index (χ1n) is 7.60. The maximum Gasteiger partial charge on any atom is 0.323 e. The van der Waals surface area contributed by atoms with Crippen molar-refractivity contribution in [2.45, 2.75) is 11.8 Å². The van der Waals surface area contributed by atoms with Crippen LogP contribution in [0.2, 0.25) is 0 Å². The number of sulfonamides is 1. The zero-order chi connectivity index (χ0) is 17.9. The minimum atomic E-state index is -3.55. The quantitative estimate of drug-likeness (QED) is 0.813. The lowest BCUT2D eigenvalue weighted by Crippen LogP contribution is -2.40. The molecule has 2 aromatic rings. The number of nitrogens with zero attached hydrogens (tertiary/aromatic N) is 4. The van der Waals surface area contributed by atoms with Crippen molar-refractivity contribution in [1.82, 2.24) is 14.3 Å². The van der Waals surface area contributed by atoms with Crippen LogP contribution < -0.4 is 4.74 Å². The first-order chi connectivity index (χ1) is 12.0. The van der Waals surface area contributed by atoms with E-state index in [0.29, 0.717) is 37.7 Å². The molecule has 25 heavy (non-hydrogen) atoms. The molecule has 8 nitrogen and oxygen atoms in total. The summed E-state index contributed by atoms with van der Waals surface area (Å²) in [6.07, 6.45) is 0. The fourth-order valence-electron chi connectivity index (χ4n) is 2.37. The standard InChI is InChI=1S/C16H16N4O4S/c1-12-10-13(11-17)19-16(18-12)24-14-2-4-15(5-3-14)25(21,22)20-6-8-23-9-7-20/h2-5,10H,6-9H2,1H3. The number of hydrogen-bond donors (Lipinski definition) is 0. The van der Waals surface area contributed by atoms with Crippen molar-refractivity contribution >= 4 is 10.0 Å². The average molecular weight is 360 g/mol. The van der Waals surface area contributed by atoms with Gasteiger partial charge >= 0.3 is 6.01 Å². The molecule has 0 spiro atoms. The number of aryl methyl sites for hydroxylation is 1. The summed E-state index contributed by atoms with van der Waals surface area (Å²) >= 11 is 0. The molecule has 0 saturated carbocycles. The Morgan fingerprint density at radius 3 is 2.52 bits per heavy atom. The van der Waals surface area contributed by atoms with Crippen LogP contribution in [0.3, 0.4) is 0 Å². The summed E-state index contributed by atoms with van der Waals surface area (Å²) in [5, 5.41) is 8.93. The summed E-state index contributed by atoms with van der Waals surface area (Å²) in [5.41, 5.74) is 0.807. The molecule has 1 aliphatic heterocycles. The Morgan fingerprint density at radius 1 is 1.20 bits per heavy atom. The van der Waals surface area contributed by atoms with Gasteiger partial charge in [0.05, 0.1) is 18.1 Å². The SMILES string of the molecule is Cc1cc(C#N)nc(Oc2ccc(S(=O)(=O)N3CCOCC3)cc2)n1. The topological polar surface area (TPSA) is 105 Å². The van der Waals surface area contributed by atoms with E-state index in [1.54, 1.807) is 13.0 Å². The van der Waals surface area contributed by atoms with Gasteiger partial charge in [-0.25, -0.2) is 13.4 Å². The molecule has 1 aromatic heterocycles. The molecule has 1 fully saturated rings. The molecular weight excluding hydrogens is 344 g/mol. The molecule has 0 radical (unpaired) electrons. The lowest BCUT2D eigenvalue weighted by Gasteiger charge is -2.26. The minimum absolute atomic E-state index is 0.0420. The van der Waals surface area contributed by atoms with Crippen LogP contribution in [0, 0.1) is 18.3 Å². The summed E-state index contributed by atoms with van der Waals surface area (Å²) in [6, 6.07) is 9.53. The second-order valence-corrected chi connectivity index (χ2v) is 7.32. The summed E-state index contributed by atoms with van der Waals surface area (Å²) in [7, 11) is -3.55. The largest absolute Gasteiger partial charge is 0.424 e. The highest BCUT2D eigenvalue weighted by molar-refractivity contribution is 7.89. The van der Waals surface area contributed by atoms with Crippen LogP contribution in [0.25, 0.3) is 0 Å². The van der Waals surface area contributed by atoms with Gasteiger partial charge in [0.15, 0.2) is 0 Å². The number of morpholine rings is 1. The summed E-state index contributed by atoms with van der Waals surface area (Å²) in [4.78, 5) is 8.24. The van der Waals surface area contributed by atoms with Crippen molar-refractivity contribution in [2.24, 2.45) is 0 Å². The minimum Gasteiger partial charge on any atom is -0.424 e. The highest BCUT2D eigenvalue weighted by atomic mass is 32.2. The van der Waals surface area contributed by atoms with Gasteiger partial charge in [-0.2, -0.15) is 14.6 Å². The first-order valence-corrected chi connectivity index (χ1v) is 9.04. The summed E-state index contributed by atoms with van der Waals surface area (Å²) in [6.45, 7) is 3.20. The lowest BCUT2D eigenvalue weighted by atomic mass is 10.3. The Labute approximate surface area is 145 Å². The van der Waals surface area contributed by atoms with E-state index in [-0.39, 0.29) is 16.6 Å². The second kappa shape index (κ2) is 7.14.